The quantitative estimate of drug-likeness (QED) is 0.592. The van der Waals surface area contributed by atoms with Crippen LogP contribution in [0, 0.1) is 0 Å². The van der Waals surface area contributed by atoms with Crippen LogP contribution in [-0.2, 0) is 13.6 Å². The maximum absolute atomic E-state index is 12.3. The fourth-order valence-corrected chi connectivity index (χ4v) is 2.79. The molecule has 3 aromatic heterocycles. The molecule has 134 valence electrons. The number of nitrogens with one attached hydrogen (secondary N) is 1. The Kier molecular flexibility index (Phi) is 4.49. The molecule has 27 heavy (non-hydrogen) atoms. The van der Waals surface area contributed by atoms with Gasteiger partial charge in [-0.2, -0.15) is 5.10 Å². The zero-order valence-corrected chi connectivity index (χ0v) is 14.7. The molecule has 0 saturated carbocycles. The largest absolute Gasteiger partial charge is 0.355 e. The number of carbonyl (C=O) groups excluding carboxylic acids is 1. The third-order valence-corrected chi connectivity index (χ3v) is 4.14. The van der Waals surface area contributed by atoms with Crippen molar-refractivity contribution in [3.63, 3.8) is 0 Å². The Hall–Kier alpha value is -3.74. The van der Waals surface area contributed by atoms with Gasteiger partial charge < -0.3 is 9.84 Å². The number of aryl methyl sites for hydroxylation is 1. The molecule has 1 aromatic carbocycles. The van der Waals surface area contributed by atoms with Crippen LogP contribution in [0.4, 0.5) is 0 Å². The molecule has 7 heteroatoms. The number of pyridine rings is 1. The van der Waals surface area contributed by atoms with Crippen molar-refractivity contribution in [1.29, 1.82) is 0 Å². The lowest BCUT2D eigenvalue weighted by Crippen LogP contribution is -2.23. The maximum atomic E-state index is 12.3. The van der Waals surface area contributed by atoms with Gasteiger partial charge in [0.1, 0.15) is 0 Å². The Morgan fingerprint density at radius 3 is 2.63 bits per heavy atom. The van der Waals surface area contributed by atoms with Crippen molar-refractivity contribution in [2.45, 2.75) is 6.54 Å². The van der Waals surface area contributed by atoms with Gasteiger partial charge in [-0.1, -0.05) is 35.5 Å². The summed E-state index contributed by atoms with van der Waals surface area (Å²) in [5, 5.41) is 11.1. The van der Waals surface area contributed by atoms with Crippen molar-refractivity contribution in [1.82, 2.24) is 25.2 Å². The van der Waals surface area contributed by atoms with E-state index >= 15 is 0 Å². The lowest BCUT2D eigenvalue weighted by Gasteiger charge is -1.99. The van der Waals surface area contributed by atoms with E-state index in [9.17, 15) is 4.79 Å². The van der Waals surface area contributed by atoms with Gasteiger partial charge in [0.05, 0.1) is 17.9 Å². The zero-order valence-electron chi connectivity index (χ0n) is 14.7. The molecule has 0 aliphatic heterocycles. The summed E-state index contributed by atoms with van der Waals surface area (Å²) in [4.78, 5) is 16.4. The van der Waals surface area contributed by atoms with E-state index in [1.165, 1.54) is 0 Å². The summed E-state index contributed by atoms with van der Waals surface area (Å²) in [5.74, 6) is 0.246. The molecule has 4 rings (SSSR count). The Bertz CT molecular complexity index is 1050. The molecule has 0 atom stereocenters. The van der Waals surface area contributed by atoms with Crippen LogP contribution in [0.2, 0.25) is 0 Å². The minimum Gasteiger partial charge on any atom is -0.355 e. The predicted octanol–water partition coefficient (Wildman–Crippen LogP) is 3.07. The van der Waals surface area contributed by atoms with E-state index in [4.69, 9.17) is 4.52 Å². The number of amides is 1. The van der Waals surface area contributed by atoms with Crippen molar-refractivity contribution in [3.05, 3.63) is 78.4 Å². The van der Waals surface area contributed by atoms with E-state index in [0.717, 1.165) is 22.5 Å². The van der Waals surface area contributed by atoms with Gasteiger partial charge in [-0.3, -0.25) is 14.5 Å². The van der Waals surface area contributed by atoms with E-state index in [1.807, 2.05) is 55.6 Å². The van der Waals surface area contributed by atoms with E-state index in [0.29, 0.717) is 12.3 Å². The normalized spacial score (nSPS) is 10.7. The molecule has 0 aliphatic rings. The summed E-state index contributed by atoms with van der Waals surface area (Å²) >= 11 is 0. The number of rotatable bonds is 5. The summed E-state index contributed by atoms with van der Waals surface area (Å²) in [7, 11) is 1.87. The lowest BCUT2D eigenvalue weighted by atomic mass is 10.1. The van der Waals surface area contributed by atoms with Gasteiger partial charge in [0.25, 0.3) is 5.91 Å². The molecule has 0 spiro atoms. The smallest absolute Gasteiger partial charge is 0.273 e. The van der Waals surface area contributed by atoms with E-state index in [2.05, 4.69) is 20.6 Å². The molecule has 7 nitrogen and oxygen atoms in total. The van der Waals surface area contributed by atoms with Crippen LogP contribution in [0.15, 0.2) is 71.5 Å². The van der Waals surface area contributed by atoms with Crippen LogP contribution < -0.4 is 5.32 Å². The van der Waals surface area contributed by atoms with E-state index < -0.39 is 0 Å². The monoisotopic (exact) mass is 359 g/mol. The summed E-state index contributed by atoms with van der Waals surface area (Å²) in [6.07, 6.45) is 3.47. The van der Waals surface area contributed by atoms with Crippen molar-refractivity contribution in [2.24, 2.45) is 7.05 Å². The summed E-state index contributed by atoms with van der Waals surface area (Å²) in [6, 6.07) is 16.9. The van der Waals surface area contributed by atoms with Gasteiger partial charge in [-0.15, -0.1) is 0 Å². The zero-order chi connectivity index (χ0) is 18.6. The molecule has 0 bridgehead atoms. The van der Waals surface area contributed by atoms with Crippen molar-refractivity contribution >= 4 is 5.91 Å². The molecule has 4 aromatic rings. The molecule has 0 aliphatic carbocycles. The minimum absolute atomic E-state index is 0.235. The maximum Gasteiger partial charge on any atom is 0.273 e. The van der Waals surface area contributed by atoms with Crippen LogP contribution in [0.5, 0.6) is 0 Å². The molecule has 0 radical (unpaired) electrons. The molecular formula is C20H17N5O2. The first kappa shape index (κ1) is 16.7. The third kappa shape index (κ3) is 3.62. The average Bonchev–Trinajstić information content (AvgIpc) is 3.35. The second-order valence-electron chi connectivity index (χ2n) is 6.01. The summed E-state index contributed by atoms with van der Waals surface area (Å²) in [6.45, 7) is 0.297. The SMILES string of the molecule is Cn1nc(CNC(=O)c2cc(-c3ccccc3)on2)cc1-c1ccncc1. The van der Waals surface area contributed by atoms with Crippen LogP contribution in [0.25, 0.3) is 22.6 Å². The first-order chi connectivity index (χ1) is 13.2. The van der Waals surface area contributed by atoms with E-state index in [-0.39, 0.29) is 11.6 Å². The van der Waals surface area contributed by atoms with Crippen LogP contribution in [-0.4, -0.2) is 25.8 Å². The van der Waals surface area contributed by atoms with E-state index in [1.54, 1.807) is 23.1 Å². The van der Waals surface area contributed by atoms with Crippen molar-refractivity contribution in [3.8, 4) is 22.6 Å². The summed E-state index contributed by atoms with van der Waals surface area (Å²) in [5.41, 5.74) is 3.83. The van der Waals surface area contributed by atoms with Crippen LogP contribution >= 0.6 is 0 Å². The third-order valence-electron chi connectivity index (χ3n) is 4.14. The van der Waals surface area contributed by atoms with Crippen molar-refractivity contribution in [2.75, 3.05) is 0 Å². The number of benzene rings is 1. The van der Waals surface area contributed by atoms with Crippen molar-refractivity contribution < 1.29 is 9.32 Å². The topological polar surface area (TPSA) is 85.8 Å². The molecule has 1 amide bonds. The first-order valence-electron chi connectivity index (χ1n) is 8.44. The highest BCUT2D eigenvalue weighted by atomic mass is 16.5. The lowest BCUT2D eigenvalue weighted by molar-refractivity contribution is 0.0941. The van der Waals surface area contributed by atoms with Crippen LogP contribution in [0.3, 0.4) is 0 Å². The molecule has 3 heterocycles. The molecule has 0 fully saturated rings. The molecular weight excluding hydrogens is 342 g/mol. The highest BCUT2D eigenvalue weighted by Crippen LogP contribution is 2.20. The number of aromatic nitrogens is 4. The second-order valence-corrected chi connectivity index (χ2v) is 6.01. The average molecular weight is 359 g/mol. The van der Waals surface area contributed by atoms with Crippen LogP contribution in [0.1, 0.15) is 16.2 Å². The Morgan fingerprint density at radius 2 is 1.85 bits per heavy atom. The summed E-state index contributed by atoms with van der Waals surface area (Å²) < 4.78 is 7.05. The van der Waals surface area contributed by atoms with Gasteiger partial charge in [0.2, 0.25) is 0 Å². The standard InChI is InChI=1S/C20H17N5O2/c1-25-18(14-7-9-21-10-8-14)11-16(23-25)13-22-20(26)17-12-19(27-24-17)15-5-3-2-4-6-15/h2-12H,13H2,1H3,(H,22,26). The fourth-order valence-electron chi connectivity index (χ4n) is 2.79. The Morgan fingerprint density at radius 1 is 1.07 bits per heavy atom. The van der Waals surface area contributed by atoms with Gasteiger partial charge in [0, 0.05) is 36.6 Å². The minimum atomic E-state index is -0.308. The number of hydrogen-bond acceptors (Lipinski definition) is 5. The Labute approximate surface area is 155 Å². The number of carbonyl (C=O) groups is 1. The molecule has 0 saturated heterocycles. The number of hydrogen-bond donors (Lipinski definition) is 1. The predicted molar refractivity (Wildman–Crippen MR) is 99.5 cm³/mol. The number of nitrogens with zero attached hydrogens (tertiary/aromatic N) is 4. The second kappa shape index (κ2) is 7.25. The Balaban J connectivity index is 1.44. The van der Waals surface area contributed by atoms with Gasteiger partial charge in [-0.05, 0) is 18.2 Å². The highest BCUT2D eigenvalue weighted by Gasteiger charge is 2.14. The van der Waals surface area contributed by atoms with Gasteiger partial charge in [0.15, 0.2) is 11.5 Å². The molecule has 1 N–H and O–H groups in total. The van der Waals surface area contributed by atoms with Gasteiger partial charge >= 0.3 is 0 Å². The molecule has 0 unspecified atom stereocenters. The van der Waals surface area contributed by atoms with Gasteiger partial charge in [-0.25, -0.2) is 0 Å². The fraction of sp³-hybridized carbons (Fsp3) is 0.100. The first-order valence-corrected chi connectivity index (χ1v) is 8.44. The highest BCUT2D eigenvalue weighted by molar-refractivity contribution is 5.93.